The van der Waals surface area contributed by atoms with E-state index in [2.05, 4.69) is 25.5 Å². The molecule has 186 valence electrons. The van der Waals surface area contributed by atoms with E-state index in [1.54, 1.807) is 30.3 Å². The van der Waals surface area contributed by atoms with Crippen molar-refractivity contribution in [1.29, 1.82) is 0 Å². The lowest BCUT2D eigenvalue weighted by molar-refractivity contribution is -0.139. The molecule has 0 spiro atoms. The number of hydrogen-bond donors (Lipinski definition) is 2. The number of benzene rings is 1. The molecule has 1 aromatic carbocycles. The molecule has 0 unspecified atom stereocenters. The van der Waals surface area contributed by atoms with Gasteiger partial charge in [-0.1, -0.05) is 42.6 Å². The molecule has 3 aromatic heterocycles. The maximum absolute atomic E-state index is 14.6. The maximum atomic E-state index is 14.6. The highest BCUT2D eigenvalue weighted by Crippen LogP contribution is 2.30. The Kier molecular flexibility index (Phi) is 6.70. The summed E-state index contributed by atoms with van der Waals surface area (Å²) in [4.78, 5) is 20.3. The van der Waals surface area contributed by atoms with Crippen LogP contribution in [0.15, 0.2) is 53.4 Å². The second-order valence-corrected chi connectivity index (χ2v) is 8.80. The number of aromatic nitrogens is 5. The smallest absolute Gasteiger partial charge is 0.326 e. The third-order valence-corrected chi connectivity index (χ3v) is 6.41. The molecule has 5 rings (SSSR count). The second kappa shape index (κ2) is 10.2. The van der Waals surface area contributed by atoms with Crippen LogP contribution in [-0.2, 0) is 11.3 Å². The summed E-state index contributed by atoms with van der Waals surface area (Å²) < 4.78 is 35.5. The minimum atomic E-state index is -1.05. The summed E-state index contributed by atoms with van der Waals surface area (Å²) >= 11 is 0. The summed E-state index contributed by atoms with van der Waals surface area (Å²) in [5.41, 5.74) is 1.69. The highest BCUT2D eigenvalue weighted by atomic mass is 19.1. The van der Waals surface area contributed by atoms with Crippen molar-refractivity contribution < 1.29 is 23.2 Å². The Hall–Kier alpha value is -4.15. The van der Waals surface area contributed by atoms with Crippen molar-refractivity contribution in [2.45, 2.75) is 44.7 Å². The minimum absolute atomic E-state index is 0.0868. The number of carbonyl (C=O) groups is 1. The standard InChI is InChI=1S/C25H24F2N6O3/c26-17-9-5-4-8-16(17)14-33-21(19-10-11-36-32-19)12-20(31-33)24-28-13-18(27)23(30-24)29-22(25(34)35)15-6-2-1-3-7-15/h4-5,8-13,15,22H,1-3,6-7,14H2,(H,34,35)(H,28,29,30)/t22-/m1/s1. The predicted molar refractivity (Wildman–Crippen MR) is 126 cm³/mol. The number of nitrogens with zero attached hydrogens (tertiary/aromatic N) is 5. The Morgan fingerprint density at radius 2 is 1.94 bits per heavy atom. The first-order valence-electron chi connectivity index (χ1n) is 11.7. The van der Waals surface area contributed by atoms with Crippen molar-refractivity contribution in [3.8, 4) is 22.9 Å². The van der Waals surface area contributed by atoms with Crippen molar-refractivity contribution in [3.05, 3.63) is 66.1 Å². The van der Waals surface area contributed by atoms with Crippen LogP contribution in [0.1, 0.15) is 37.7 Å². The molecule has 11 heteroatoms. The lowest BCUT2D eigenvalue weighted by Gasteiger charge is -2.28. The van der Waals surface area contributed by atoms with Gasteiger partial charge in [0.25, 0.3) is 0 Å². The van der Waals surface area contributed by atoms with Gasteiger partial charge in [-0.3, -0.25) is 4.68 Å². The normalized spacial score (nSPS) is 15.1. The first-order chi connectivity index (χ1) is 17.5. The van der Waals surface area contributed by atoms with E-state index in [4.69, 9.17) is 4.52 Å². The van der Waals surface area contributed by atoms with Gasteiger partial charge in [0.1, 0.15) is 29.5 Å². The van der Waals surface area contributed by atoms with Gasteiger partial charge in [0.2, 0.25) is 0 Å². The SMILES string of the molecule is O=C(O)[C@H](Nc1nc(-c2cc(-c3ccon3)n(Cc3ccccc3F)n2)ncc1F)C1CCCCC1. The Bertz CT molecular complexity index is 1350. The van der Waals surface area contributed by atoms with Crippen LogP contribution >= 0.6 is 0 Å². The zero-order valence-electron chi connectivity index (χ0n) is 19.3. The number of nitrogens with one attached hydrogen (secondary N) is 1. The molecule has 0 bridgehead atoms. The summed E-state index contributed by atoms with van der Waals surface area (Å²) in [7, 11) is 0. The lowest BCUT2D eigenvalue weighted by Crippen LogP contribution is -2.38. The molecule has 1 atom stereocenters. The van der Waals surface area contributed by atoms with Crippen LogP contribution in [0.25, 0.3) is 22.9 Å². The van der Waals surface area contributed by atoms with Crippen LogP contribution in [0.5, 0.6) is 0 Å². The zero-order valence-corrected chi connectivity index (χ0v) is 19.3. The number of anilines is 1. The summed E-state index contributed by atoms with van der Waals surface area (Å²) in [6.07, 6.45) is 6.85. The quantitative estimate of drug-likeness (QED) is 0.360. The first kappa shape index (κ1) is 23.6. The summed E-state index contributed by atoms with van der Waals surface area (Å²) in [5.74, 6) is -2.43. The van der Waals surface area contributed by atoms with Gasteiger partial charge in [0.15, 0.2) is 17.5 Å². The van der Waals surface area contributed by atoms with Crippen LogP contribution < -0.4 is 5.32 Å². The molecule has 0 amide bonds. The topological polar surface area (TPSA) is 119 Å². The fourth-order valence-electron chi connectivity index (χ4n) is 4.57. The third kappa shape index (κ3) is 4.95. The molecule has 0 radical (unpaired) electrons. The van der Waals surface area contributed by atoms with Gasteiger partial charge >= 0.3 is 5.97 Å². The van der Waals surface area contributed by atoms with E-state index in [-0.39, 0.29) is 35.6 Å². The highest BCUT2D eigenvalue weighted by molar-refractivity contribution is 5.77. The van der Waals surface area contributed by atoms with E-state index < -0.39 is 17.8 Å². The molecule has 1 aliphatic carbocycles. The van der Waals surface area contributed by atoms with E-state index in [0.29, 0.717) is 17.0 Å². The predicted octanol–water partition coefficient (Wildman–Crippen LogP) is 4.77. The number of hydrogen-bond acceptors (Lipinski definition) is 7. The molecule has 36 heavy (non-hydrogen) atoms. The van der Waals surface area contributed by atoms with E-state index >= 15 is 0 Å². The first-order valence-corrected chi connectivity index (χ1v) is 11.7. The van der Waals surface area contributed by atoms with Crippen molar-refractivity contribution in [2.75, 3.05) is 5.32 Å². The van der Waals surface area contributed by atoms with Crippen LogP contribution in [0.4, 0.5) is 14.6 Å². The second-order valence-electron chi connectivity index (χ2n) is 8.80. The monoisotopic (exact) mass is 494 g/mol. The number of halogens is 2. The van der Waals surface area contributed by atoms with E-state index in [0.717, 1.165) is 38.3 Å². The van der Waals surface area contributed by atoms with Gasteiger partial charge in [-0.15, -0.1) is 0 Å². The van der Waals surface area contributed by atoms with Crippen LogP contribution in [0.2, 0.25) is 0 Å². The van der Waals surface area contributed by atoms with Crippen molar-refractivity contribution in [2.24, 2.45) is 5.92 Å². The molecular weight excluding hydrogens is 470 g/mol. The van der Waals surface area contributed by atoms with Crippen LogP contribution in [-0.4, -0.2) is 42.0 Å². The van der Waals surface area contributed by atoms with E-state index in [1.165, 1.54) is 17.0 Å². The van der Waals surface area contributed by atoms with Gasteiger partial charge in [-0.05, 0) is 30.9 Å². The largest absolute Gasteiger partial charge is 0.480 e. The van der Waals surface area contributed by atoms with Gasteiger partial charge < -0.3 is 14.9 Å². The Labute approximate surface area is 205 Å². The maximum Gasteiger partial charge on any atom is 0.326 e. The van der Waals surface area contributed by atoms with Gasteiger partial charge in [0, 0.05) is 11.6 Å². The summed E-state index contributed by atoms with van der Waals surface area (Å²) in [6.45, 7) is 0.101. The fourth-order valence-corrected chi connectivity index (χ4v) is 4.57. The minimum Gasteiger partial charge on any atom is -0.480 e. The summed E-state index contributed by atoms with van der Waals surface area (Å²) in [6, 6.07) is 8.66. The zero-order chi connectivity index (χ0) is 25.1. The molecule has 9 nitrogen and oxygen atoms in total. The lowest BCUT2D eigenvalue weighted by atomic mass is 9.84. The summed E-state index contributed by atoms with van der Waals surface area (Å²) in [5, 5.41) is 21.0. The Balaban J connectivity index is 1.48. The van der Waals surface area contributed by atoms with Gasteiger partial charge in [0.05, 0.1) is 18.4 Å². The third-order valence-electron chi connectivity index (χ3n) is 6.41. The van der Waals surface area contributed by atoms with Crippen LogP contribution in [0.3, 0.4) is 0 Å². The Morgan fingerprint density at radius 1 is 1.14 bits per heavy atom. The average Bonchev–Trinajstić information content (AvgIpc) is 3.55. The van der Waals surface area contributed by atoms with E-state index in [1.807, 2.05) is 0 Å². The van der Waals surface area contributed by atoms with Crippen molar-refractivity contribution >= 4 is 11.8 Å². The Morgan fingerprint density at radius 3 is 2.67 bits per heavy atom. The molecular formula is C25H24F2N6O3. The van der Waals surface area contributed by atoms with Gasteiger partial charge in [-0.25, -0.2) is 23.5 Å². The van der Waals surface area contributed by atoms with E-state index in [9.17, 15) is 18.7 Å². The molecule has 1 saturated carbocycles. The average molecular weight is 495 g/mol. The van der Waals surface area contributed by atoms with Crippen molar-refractivity contribution in [3.63, 3.8) is 0 Å². The molecule has 0 aliphatic heterocycles. The molecule has 1 fully saturated rings. The highest BCUT2D eigenvalue weighted by Gasteiger charge is 2.30. The fraction of sp³-hybridized carbons (Fsp3) is 0.320. The van der Waals surface area contributed by atoms with Crippen LogP contribution in [0, 0.1) is 17.6 Å². The molecule has 1 aliphatic rings. The molecule has 4 aromatic rings. The molecule has 3 heterocycles. The van der Waals surface area contributed by atoms with Crippen molar-refractivity contribution in [1.82, 2.24) is 24.9 Å². The van der Waals surface area contributed by atoms with Gasteiger partial charge in [-0.2, -0.15) is 5.10 Å². The molecule has 2 N–H and O–H groups in total. The number of carboxylic acids is 1. The number of rotatable bonds is 8. The number of carboxylic acid groups (broad SMARTS) is 1. The number of aliphatic carboxylic acids is 1. The molecule has 0 saturated heterocycles.